The lowest BCUT2D eigenvalue weighted by Crippen LogP contribution is -2.28. The van der Waals surface area contributed by atoms with E-state index in [0.717, 1.165) is 25.7 Å². The molecule has 5 nitrogen and oxygen atoms in total. The van der Waals surface area contributed by atoms with Gasteiger partial charge in [0.05, 0.1) is 0 Å². The standard InChI is InChI=1S/C13H19ClN2O3S/c1-3-15(2)13(17)12-8-11(20(14,18)19)9-16(12)10-6-4-5-7-10/h8-10H,3-7H2,1-2H3. The van der Waals surface area contributed by atoms with E-state index in [4.69, 9.17) is 10.7 Å². The number of hydrogen-bond acceptors (Lipinski definition) is 3. The molecule has 112 valence electrons. The van der Waals surface area contributed by atoms with Crippen LogP contribution in [0.3, 0.4) is 0 Å². The normalized spacial score (nSPS) is 16.6. The van der Waals surface area contributed by atoms with Crippen LogP contribution in [0.25, 0.3) is 0 Å². The second-order valence-corrected chi connectivity index (χ2v) is 7.73. The molecule has 0 saturated heterocycles. The van der Waals surface area contributed by atoms with Crippen molar-refractivity contribution in [1.82, 2.24) is 9.47 Å². The Bertz CT molecular complexity index is 603. The predicted molar refractivity (Wildman–Crippen MR) is 77.6 cm³/mol. The fraction of sp³-hybridized carbons (Fsp3) is 0.615. The Kier molecular flexibility index (Phi) is 4.44. The van der Waals surface area contributed by atoms with Crippen LogP contribution >= 0.6 is 10.7 Å². The number of aromatic nitrogens is 1. The summed E-state index contributed by atoms with van der Waals surface area (Å²) in [5.74, 6) is -0.175. The number of rotatable bonds is 4. The van der Waals surface area contributed by atoms with Crippen LogP contribution < -0.4 is 0 Å². The first-order valence-electron chi connectivity index (χ1n) is 6.76. The topological polar surface area (TPSA) is 59.4 Å². The number of nitrogens with zero attached hydrogens (tertiary/aromatic N) is 2. The van der Waals surface area contributed by atoms with Crippen molar-refractivity contribution < 1.29 is 13.2 Å². The lowest BCUT2D eigenvalue weighted by Gasteiger charge is -2.19. The van der Waals surface area contributed by atoms with Crippen LogP contribution in [0.2, 0.25) is 0 Å². The highest BCUT2D eigenvalue weighted by Gasteiger charge is 2.26. The zero-order valence-electron chi connectivity index (χ0n) is 11.7. The number of halogens is 1. The maximum atomic E-state index is 12.4. The minimum Gasteiger partial charge on any atom is -0.341 e. The van der Waals surface area contributed by atoms with Gasteiger partial charge in [0.15, 0.2) is 0 Å². The molecular formula is C13H19ClN2O3S. The first-order chi connectivity index (χ1) is 9.34. The fourth-order valence-electron chi connectivity index (χ4n) is 2.58. The van der Waals surface area contributed by atoms with Gasteiger partial charge in [-0.1, -0.05) is 12.8 Å². The van der Waals surface area contributed by atoms with E-state index < -0.39 is 9.05 Å². The van der Waals surface area contributed by atoms with Gasteiger partial charge in [-0.15, -0.1) is 0 Å². The first-order valence-corrected chi connectivity index (χ1v) is 9.07. The maximum Gasteiger partial charge on any atom is 0.270 e. The van der Waals surface area contributed by atoms with Gasteiger partial charge in [-0.05, 0) is 25.8 Å². The highest BCUT2D eigenvalue weighted by molar-refractivity contribution is 8.13. The van der Waals surface area contributed by atoms with Gasteiger partial charge >= 0.3 is 0 Å². The van der Waals surface area contributed by atoms with Gasteiger partial charge in [0, 0.05) is 36.5 Å². The molecule has 0 unspecified atom stereocenters. The largest absolute Gasteiger partial charge is 0.341 e. The molecule has 0 bridgehead atoms. The van der Waals surface area contributed by atoms with Crippen LogP contribution in [-0.4, -0.2) is 37.4 Å². The monoisotopic (exact) mass is 318 g/mol. The molecule has 7 heteroatoms. The average Bonchev–Trinajstić information content (AvgIpc) is 3.03. The summed E-state index contributed by atoms with van der Waals surface area (Å²) in [5, 5.41) is 0. The van der Waals surface area contributed by atoms with Crippen LogP contribution in [-0.2, 0) is 9.05 Å². The number of amides is 1. The quantitative estimate of drug-likeness (QED) is 0.802. The van der Waals surface area contributed by atoms with E-state index in [9.17, 15) is 13.2 Å². The SMILES string of the molecule is CCN(C)C(=O)c1cc(S(=O)(=O)Cl)cn1C1CCCC1. The van der Waals surface area contributed by atoms with Crippen molar-refractivity contribution in [2.24, 2.45) is 0 Å². The Hall–Kier alpha value is -1.01. The molecule has 1 aliphatic rings. The summed E-state index contributed by atoms with van der Waals surface area (Å²) in [7, 11) is 3.28. The summed E-state index contributed by atoms with van der Waals surface area (Å²) < 4.78 is 24.8. The van der Waals surface area contributed by atoms with Gasteiger partial charge < -0.3 is 9.47 Å². The van der Waals surface area contributed by atoms with Crippen molar-refractivity contribution >= 4 is 25.6 Å². The minimum absolute atomic E-state index is 0.00100. The third kappa shape index (κ3) is 3.01. The van der Waals surface area contributed by atoms with Crippen molar-refractivity contribution in [3.05, 3.63) is 18.0 Å². The van der Waals surface area contributed by atoms with E-state index in [-0.39, 0.29) is 16.8 Å². The van der Waals surface area contributed by atoms with Gasteiger partial charge in [-0.3, -0.25) is 4.79 Å². The summed E-state index contributed by atoms with van der Waals surface area (Å²) in [6.07, 6.45) is 5.63. The summed E-state index contributed by atoms with van der Waals surface area (Å²) >= 11 is 0. The van der Waals surface area contributed by atoms with Crippen LogP contribution in [0.5, 0.6) is 0 Å². The van der Waals surface area contributed by atoms with Crippen molar-refractivity contribution in [1.29, 1.82) is 0 Å². The Morgan fingerprint density at radius 2 is 2.05 bits per heavy atom. The Labute approximate surface area is 123 Å². The van der Waals surface area contributed by atoms with Crippen molar-refractivity contribution in [2.75, 3.05) is 13.6 Å². The van der Waals surface area contributed by atoms with Gasteiger partial charge in [-0.25, -0.2) is 8.42 Å². The molecule has 0 aliphatic heterocycles. The Morgan fingerprint density at radius 1 is 1.45 bits per heavy atom. The van der Waals surface area contributed by atoms with Gasteiger partial charge in [0.1, 0.15) is 10.6 Å². The molecular weight excluding hydrogens is 300 g/mol. The third-order valence-corrected chi connectivity index (χ3v) is 5.18. The van der Waals surface area contributed by atoms with Gasteiger partial charge in [0.25, 0.3) is 15.0 Å². The van der Waals surface area contributed by atoms with E-state index >= 15 is 0 Å². The molecule has 0 spiro atoms. The van der Waals surface area contributed by atoms with Crippen LogP contribution in [0.4, 0.5) is 0 Å². The van der Waals surface area contributed by atoms with Crippen LogP contribution in [0.1, 0.15) is 49.1 Å². The van der Waals surface area contributed by atoms with E-state index in [2.05, 4.69) is 0 Å². The molecule has 1 aromatic rings. The summed E-state index contributed by atoms with van der Waals surface area (Å²) in [6.45, 7) is 2.44. The van der Waals surface area contributed by atoms with E-state index in [1.54, 1.807) is 16.5 Å². The zero-order valence-corrected chi connectivity index (χ0v) is 13.2. The molecule has 20 heavy (non-hydrogen) atoms. The van der Waals surface area contributed by atoms with E-state index in [0.29, 0.717) is 12.2 Å². The van der Waals surface area contributed by atoms with Crippen molar-refractivity contribution in [2.45, 2.75) is 43.5 Å². The maximum absolute atomic E-state index is 12.4. The zero-order chi connectivity index (χ0) is 14.9. The third-order valence-electron chi connectivity index (χ3n) is 3.86. The molecule has 1 aliphatic carbocycles. The Balaban J connectivity index is 2.47. The smallest absolute Gasteiger partial charge is 0.270 e. The molecule has 0 atom stereocenters. The highest BCUT2D eigenvalue weighted by atomic mass is 35.7. The van der Waals surface area contributed by atoms with Gasteiger partial charge in [0.2, 0.25) is 0 Å². The molecule has 1 saturated carbocycles. The van der Waals surface area contributed by atoms with E-state index in [1.807, 2.05) is 6.92 Å². The van der Waals surface area contributed by atoms with Crippen LogP contribution in [0, 0.1) is 0 Å². The van der Waals surface area contributed by atoms with E-state index in [1.165, 1.54) is 12.3 Å². The number of carbonyl (C=O) groups is 1. The van der Waals surface area contributed by atoms with Crippen molar-refractivity contribution in [3.8, 4) is 0 Å². The lowest BCUT2D eigenvalue weighted by atomic mass is 10.2. The molecule has 1 heterocycles. The number of carbonyl (C=O) groups excluding carboxylic acids is 1. The predicted octanol–water partition coefficient (Wildman–Crippen LogP) is 2.62. The molecule has 1 fully saturated rings. The average molecular weight is 319 g/mol. The molecule has 0 radical (unpaired) electrons. The first kappa shape index (κ1) is 15.4. The second-order valence-electron chi connectivity index (χ2n) is 5.16. The molecule has 2 rings (SSSR count). The van der Waals surface area contributed by atoms with Gasteiger partial charge in [-0.2, -0.15) is 0 Å². The summed E-state index contributed by atoms with van der Waals surface area (Å²) in [4.78, 5) is 13.9. The number of hydrogen-bond donors (Lipinski definition) is 0. The fourth-order valence-corrected chi connectivity index (χ4v) is 3.33. The Morgan fingerprint density at radius 3 is 2.55 bits per heavy atom. The minimum atomic E-state index is -3.82. The molecule has 0 N–H and O–H groups in total. The molecule has 1 aromatic heterocycles. The molecule has 0 aromatic carbocycles. The summed E-state index contributed by atoms with van der Waals surface area (Å²) in [5.41, 5.74) is 0.403. The second kappa shape index (κ2) is 5.77. The highest BCUT2D eigenvalue weighted by Crippen LogP contribution is 2.33. The molecule has 1 amide bonds. The van der Waals surface area contributed by atoms with Crippen LogP contribution in [0.15, 0.2) is 17.2 Å². The summed E-state index contributed by atoms with van der Waals surface area (Å²) in [6, 6.07) is 1.57. The lowest BCUT2D eigenvalue weighted by molar-refractivity contribution is 0.0789. The van der Waals surface area contributed by atoms with Crippen molar-refractivity contribution in [3.63, 3.8) is 0 Å².